The second-order valence-electron chi connectivity index (χ2n) is 10.5. The quantitative estimate of drug-likeness (QED) is 0.101. The van der Waals surface area contributed by atoms with E-state index in [0.29, 0.717) is 24.2 Å². The zero-order chi connectivity index (χ0) is 32.4. The van der Waals surface area contributed by atoms with Crippen molar-refractivity contribution in [2.75, 3.05) is 13.1 Å². The molecule has 8 nitrogen and oxygen atoms in total. The Labute approximate surface area is 269 Å². The van der Waals surface area contributed by atoms with Gasteiger partial charge in [0.2, 0.25) is 0 Å². The zero-order valence-corrected chi connectivity index (χ0v) is 25.6. The first-order valence-corrected chi connectivity index (χ1v) is 15.3. The fraction of sp³-hybridized carbons (Fsp3) is 0.158. The molecule has 4 amide bonds. The lowest BCUT2D eigenvalue weighted by Gasteiger charge is -2.12. The second kappa shape index (κ2) is 18.1. The Morgan fingerprint density at radius 1 is 0.435 bits per heavy atom. The Balaban J connectivity index is 1.22. The molecule has 0 spiro atoms. The molecule has 0 heterocycles. The van der Waals surface area contributed by atoms with Crippen molar-refractivity contribution in [3.05, 3.63) is 155 Å². The number of rotatable bonds is 15. The summed E-state index contributed by atoms with van der Waals surface area (Å²) in [6.45, 7) is 0.877. The van der Waals surface area contributed by atoms with E-state index in [1.807, 2.05) is 72.8 Å². The molecular formula is C38H38N4O4. The van der Waals surface area contributed by atoms with Gasteiger partial charge in [0.05, 0.1) is 0 Å². The van der Waals surface area contributed by atoms with Gasteiger partial charge in [0.1, 0.15) is 11.4 Å². The molecule has 4 rings (SSSR count). The van der Waals surface area contributed by atoms with Crippen molar-refractivity contribution < 1.29 is 19.2 Å². The number of unbranched alkanes of at least 4 members (excludes halogenated alkanes) is 3. The average Bonchev–Trinajstić information content (AvgIpc) is 3.10. The number of nitrogens with one attached hydrogen (secondary N) is 4. The van der Waals surface area contributed by atoms with Crippen LogP contribution in [0.1, 0.15) is 57.5 Å². The van der Waals surface area contributed by atoms with Crippen LogP contribution in [0.25, 0.3) is 12.2 Å². The van der Waals surface area contributed by atoms with Gasteiger partial charge < -0.3 is 21.3 Å². The van der Waals surface area contributed by atoms with Crippen LogP contribution in [-0.2, 0) is 9.59 Å². The first-order chi connectivity index (χ1) is 22.5. The minimum Gasteiger partial charge on any atom is -0.351 e. The molecule has 0 fully saturated rings. The van der Waals surface area contributed by atoms with Crippen molar-refractivity contribution in [3.8, 4) is 0 Å². The zero-order valence-electron chi connectivity index (χ0n) is 25.6. The summed E-state index contributed by atoms with van der Waals surface area (Å²) in [5.41, 5.74) is 2.85. The van der Waals surface area contributed by atoms with Gasteiger partial charge in [-0.05, 0) is 60.4 Å². The van der Waals surface area contributed by atoms with Crippen LogP contribution < -0.4 is 21.3 Å². The van der Waals surface area contributed by atoms with E-state index in [2.05, 4.69) is 21.3 Å². The number of hydrogen-bond donors (Lipinski definition) is 4. The van der Waals surface area contributed by atoms with E-state index in [1.54, 1.807) is 60.7 Å². The summed E-state index contributed by atoms with van der Waals surface area (Å²) < 4.78 is 0. The number of carbonyl (C=O) groups excluding carboxylic acids is 4. The van der Waals surface area contributed by atoms with Crippen molar-refractivity contribution in [1.29, 1.82) is 0 Å². The average molecular weight is 615 g/mol. The molecule has 0 aliphatic heterocycles. The lowest BCUT2D eigenvalue weighted by atomic mass is 10.1. The van der Waals surface area contributed by atoms with E-state index in [0.717, 1.165) is 36.8 Å². The van der Waals surface area contributed by atoms with E-state index < -0.39 is 0 Å². The SMILES string of the molecule is O=C(NCCCCCCNC(=O)/C(=C\c1ccccc1)NC(=O)c1ccccc1)/C(=C\c1ccccc1)NC(=O)c1ccccc1. The summed E-state index contributed by atoms with van der Waals surface area (Å²) >= 11 is 0. The standard InChI is InChI=1S/C38H38N4O4/c43-35(31-21-11-5-12-22-31)41-33(27-29-17-7-3-8-18-29)37(45)39-25-15-1-2-16-26-40-38(46)34(28-30-19-9-4-10-20-30)42-36(44)32-23-13-6-14-24-32/h3-14,17-24,27-28H,1-2,15-16,25-26H2,(H,39,45)(H,40,46)(H,41,43)(H,42,44)/b33-27+,34-28+. The maximum atomic E-state index is 13.0. The molecule has 0 radical (unpaired) electrons. The maximum absolute atomic E-state index is 13.0. The second-order valence-corrected chi connectivity index (χ2v) is 10.5. The number of benzene rings is 4. The lowest BCUT2D eigenvalue weighted by Crippen LogP contribution is -2.35. The third-order valence-electron chi connectivity index (χ3n) is 6.95. The highest BCUT2D eigenvalue weighted by molar-refractivity contribution is 6.06. The monoisotopic (exact) mass is 614 g/mol. The van der Waals surface area contributed by atoms with Gasteiger partial charge in [-0.1, -0.05) is 110 Å². The van der Waals surface area contributed by atoms with Crippen molar-refractivity contribution in [3.63, 3.8) is 0 Å². The summed E-state index contributed by atoms with van der Waals surface area (Å²) in [5.74, 6) is -1.45. The molecule has 4 N–H and O–H groups in total. The minimum absolute atomic E-state index is 0.168. The fourth-order valence-corrected chi connectivity index (χ4v) is 4.51. The highest BCUT2D eigenvalue weighted by Gasteiger charge is 2.15. The topological polar surface area (TPSA) is 116 Å². The van der Waals surface area contributed by atoms with E-state index in [-0.39, 0.29) is 35.0 Å². The molecule has 4 aromatic carbocycles. The molecule has 0 saturated carbocycles. The Kier molecular flexibility index (Phi) is 13.1. The van der Waals surface area contributed by atoms with Gasteiger partial charge >= 0.3 is 0 Å². The number of hydrogen-bond acceptors (Lipinski definition) is 4. The van der Waals surface area contributed by atoms with E-state index in [9.17, 15) is 19.2 Å². The molecule has 0 unspecified atom stereocenters. The van der Waals surface area contributed by atoms with Crippen LogP contribution in [0.3, 0.4) is 0 Å². The number of carbonyl (C=O) groups is 4. The van der Waals surface area contributed by atoms with Gasteiger partial charge in [0.15, 0.2) is 0 Å². The van der Waals surface area contributed by atoms with Gasteiger partial charge in [0, 0.05) is 24.2 Å². The summed E-state index contributed by atoms with van der Waals surface area (Å²) in [5, 5.41) is 11.3. The summed E-state index contributed by atoms with van der Waals surface area (Å²) in [6, 6.07) is 36.2. The third-order valence-corrected chi connectivity index (χ3v) is 6.95. The van der Waals surface area contributed by atoms with Crippen LogP contribution in [-0.4, -0.2) is 36.7 Å². The smallest absolute Gasteiger partial charge is 0.267 e. The van der Waals surface area contributed by atoms with E-state index in [1.165, 1.54) is 0 Å². The van der Waals surface area contributed by atoms with Gasteiger partial charge in [0.25, 0.3) is 23.6 Å². The van der Waals surface area contributed by atoms with Crippen molar-refractivity contribution in [2.24, 2.45) is 0 Å². The van der Waals surface area contributed by atoms with Gasteiger partial charge in [-0.3, -0.25) is 19.2 Å². The molecule has 0 aliphatic carbocycles. The molecule has 0 saturated heterocycles. The van der Waals surface area contributed by atoms with Crippen LogP contribution in [0, 0.1) is 0 Å². The predicted octanol–water partition coefficient (Wildman–Crippen LogP) is 5.72. The molecule has 8 heteroatoms. The molecule has 0 aromatic heterocycles. The molecular weight excluding hydrogens is 576 g/mol. The van der Waals surface area contributed by atoms with Gasteiger partial charge in [-0.2, -0.15) is 0 Å². The van der Waals surface area contributed by atoms with Crippen molar-refractivity contribution in [1.82, 2.24) is 21.3 Å². The third kappa shape index (κ3) is 11.1. The van der Waals surface area contributed by atoms with Crippen LogP contribution in [0.4, 0.5) is 0 Å². The molecule has 234 valence electrons. The largest absolute Gasteiger partial charge is 0.351 e. The fourth-order valence-electron chi connectivity index (χ4n) is 4.51. The predicted molar refractivity (Wildman–Crippen MR) is 181 cm³/mol. The molecule has 4 aromatic rings. The maximum Gasteiger partial charge on any atom is 0.267 e. The van der Waals surface area contributed by atoms with Crippen molar-refractivity contribution >= 4 is 35.8 Å². The first-order valence-electron chi connectivity index (χ1n) is 15.3. The van der Waals surface area contributed by atoms with E-state index in [4.69, 9.17) is 0 Å². The highest BCUT2D eigenvalue weighted by atomic mass is 16.2. The molecule has 46 heavy (non-hydrogen) atoms. The van der Waals surface area contributed by atoms with Crippen LogP contribution in [0.2, 0.25) is 0 Å². The normalized spacial score (nSPS) is 11.3. The van der Waals surface area contributed by atoms with E-state index >= 15 is 0 Å². The minimum atomic E-state index is -0.365. The first kappa shape index (κ1) is 33.1. The molecule has 0 atom stereocenters. The summed E-state index contributed by atoms with van der Waals surface area (Å²) in [6.07, 6.45) is 6.45. The summed E-state index contributed by atoms with van der Waals surface area (Å²) in [7, 11) is 0. The van der Waals surface area contributed by atoms with Crippen LogP contribution in [0.5, 0.6) is 0 Å². The van der Waals surface area contributed by atoms with Crippen LogP contribution >= 0.6 is 0 Å². The van der Waals surface area contributed by atoms with Gasteiger partial charge in [-0.25, -0.2) is 0 Å². The molecule has 0 bridgehead atoms. The van der Waals surface area contributed by atoms with Crippen LogP contribution in [0.15, 0.2) is 133 Å². The summed E-state index contributed by atoms with van der Waals surface area (Å²) in [4.78, 5) is 51.5. The Hall–Kier alpha value is -5.76. The Morgan fingerprint density at radius 3 is 1.11 bits per heavy atom. The highest BCUT2D eigenvalue weighted by Crippen LogP contribution is 2.09. The van der Waals surface area contributed by atoms with Gasteiger partial charge in [-0.15, -0.1) is 0 Å². The molecule has 0 aliphatic rings. The number of amides is 4. The lowest BCUT2D eigenvalue weighted by molar-refractivity contribution is -0.118. The van der Waals surface area contributed by atoms with Crippen molar-refractivity contribution in [2.45, 2.75) is 25.7 Å². The Morgan fingerprint density at radius 2 is 0.761 bits per heavy atom. The Bertz CT molecular complexity index is 1510.